The summed E-state index contributed by atoms with van der Waals surface area (Å²) in [5.41, 5.74) is -1.80. The molecule has 0 radical (unpaired) electrons. The van der Waals surface area contributed by atoms with Crippen LogP contribution < -0.4 is 15.6 Å². The molecular formula is C13H10ClFN4O5. The molecule has 0 bridgehead atoms. The lowest BCUT2D eigenvalue weighted by Crippen LogP contribution is -2.31. The van der Waals surface area contributed by atoms with Gasteiger partial charge < -0.3 is 15.0 Å². The van der Waals surface area contributed by atoms with Crippen LogP contribution in [0.5, 0.6) is 5.88 Å². The van der Waals surface area contributed by atoms with Crippen LogP contribution in [0.3, 0.4) is 0 Å². The van der Waals surface area contributed by atoms with E-state index in [-0.39, 0.29) is 10.7 Å². The number of nitrogens with zero attached hydrogens (tertiary/aromatic N) is 2. The zero-order valence-corrected chi connectivity index (χ0v) is 12.8. The van der Waals surface area contributed by atoms with Crippen LogP contribution in [-0.4, -0.2) is 26.9 Å². The highest BCUT2D eigenvalue weighted by atomic mass is 35.5. The minimum Gasteiger partial charge on any atom is -0.459 e. The number of halogens is 2. The molecule has 0 fully saturated rings. The Kier molecular flexibility index (Phi) is 5.09. The molecule has 1 amide bonds. The monoisotopic (exact) mass is 356 g/mol. The molecular weight excluding hydrogens is 347 g/mol. The van der Waals surface area contributed by atoms with Crippen molar-refractivity contribution in [3.05, 3.63) is 55.8 Å². The molecule has 0 unspecified atom stereocenters. The van der Waals surface area contributed by atoms with Crippen LogP contribution in [0.4, 0.5) is 15.8 Å². The molecule has 9 nitrogen and oxygen atoms in total. The highest BCUT2D eigenvalue weighted by molar-refractivity contribution is 6.33. The summed E-state index contributed by atoms with van der Waals surface area (Å²) in [5.74, 6) is -1.90. The number of anilines is 1. The summed E-state index contributed by atoms with van der Waals surface area (Å²) >= 11 is 5.78. The van der Waals surface area contributed by atoms with E-state index in [2.05, 4.69) is 10.3 Å². The van der Waals surface area contributed by atoms with Gasteiger partial charge in [-0.15, -0.1) is 0 Å². The third-order valence-corrected chi connectivity index (χ3v) is 3.14. The van der Waals surface area contributed by atoms with Crippen LogP contribution in [0.2, 0.25) is 5.02 Å². The van der Waals surface area contributed by atoms with E-state index in [0.717, 1.165) is 18.5 Å². The van der Waals surface area contributed by atoms with E-state index in [1.165, 1.54) is 13.0 Å². The van der Waals surface area contributed by atoms with E-state index in [1.807, 2.05) is 4.98 Å². The Bertz CT molecular complexity index is 856. The van der Waals surface area contributed by atoms with Gasteiger partial charge in [-0.25, -0.2) is 4.39 Å². The standard InChI is InChI=1S/C13H10ClFN4O5/c1-6(11(20)18-9-3-2-7(15)4-8(9)14)24-13-10(19(22)23)12(21)16-5-17-13/h2-6H,1H3,(H,18,20)(H,16,17,21)/t6-/m1/s1. The lowest BCUT2D eigenvalue weighted by molar-refractivity contribution is -0.387. The Morgan fingerprint density at radius 2 is 2.25 bits per heavy atom. The normalized spacial score (nSPS) is 11.6. The van der Waals surface area contributed by atoms with Crippen molar-refractivity contribution in [3.63, 3.8) is 0 Å². The van der Waals surface area contributed by atoms with E-state index in [1.54, 1.807) is 0 Å². The molecule has 2 rings (SSSR count). The van der Waals surface area contributed by atoms with E-state index in [0.29, 0.717) is 0 Å². The fourth-order valence-corrected chi connectivity index (χ4v) is 1.88. The van der Waals surface area contributed by atoms with Gasteiger partial charge in [-0.05, 0) is 25.1 Å². The largest absolute Gasteiger partial charge is 0.459 e. The van der Waals surface area contributed by atoms with Gasteiger partial charge in [-0.3, -0.25) is 19.7 Å². The van der Waals surface area contributed by atoms with Gasteiger partial charge in [0.2, 0.25) is 0 Å². The average molecular weight is 357 g/mol. The summed E-state index contributed by atoms with van der Waals surface area (Å²) < 4.78 is 18.0. The molecule has 1 aromatic carbocycles. The Hall–Kier alpha value is -3.01. The lowest BCUT2D eigenvalue weighted by Gasteiger charge is -2.14. The summed E-state index contributed by atoms with van der Waals surface area (Å²) in [6.45, 7) is 1.29. The molecule has 2 N–H and O–H groups in total. The van der Waals surface area contributed by atoms with Crippen molar-refractivity contribution in [1.29, 1.82) is 0 Å². The van der Waals surface area contributed by atoms with Crippen molar-refractivity contribution in [2.75, 3.05) is 5.32 Å². The number of hydrogen-bond acceptors (Lipinski definition) is 6. The number of benzene rings is 1. The number of aromatic nitrogens is 2. The average Bonchev–Trinajstić information content (AvgIpc) is 2.49. The molecule has 126 valence electrons. The van der Waals surface area contributed by atoms with Gasteiger partial charge in [0, 0.05) is 0 Å². The number of amides is 1. The van der Waals surface area contributed by atoms with Crippen molar-refractivity contribution >= 4 is 28.9 Å². The van der Waals surface area contributed by atoms with Crippen molar-refractivity contribution in [3.8, 4) is 5.88 Å². The number of nitro groups is 1. The summed E-state index contributed by atoms with van der Waals surface area (Å²) in [4.78, 5) is 39.0. The molecule has 2 aromatic rings. The predicted molar refractivity (Wildman–Crippen MR) is 81.6 cm³/mol. The van der Waals surface area contributed by atoms with Gasteiger partial charge in [-0.2, -0.15) is 4.98 Å². The van der Waals surface area contributed by atoms with E-state index < -0.39 is 39.9 Å². The van der Waals surface area contributed by atoms with E-state index in [9.17, 15) is 24.1 Å². The number of carbonyl (C=O) groups is 1. The molecule has 0 aliphatic heterocycles. The third-order valence-electron chi connectivity index (χ3n) is 2.82. The first kappa shape index (κ1) is 17.3. The van der Waals surface area contributed by atoms with Crippen LogP contribution in [0, 0.1) is 15.9 Å². The molecule has 0 saturated heterocycles. The SMILES string of the molecule is C[C@@H](Oc1nc[nH]c(=O)c1[N+](=O)[O-])C(=O)Nc1ccc(F)cc1Cl. The topological polar surface area (TPSA) is 127 Å². The smallest absolute Gasteiger partial charge is 0.395 e. The van der Waals surface area contributed by atoms with Gasteiger partial charge in [-0.1, -0.05) is 11.6 Å². The molecule has 0 aliphatic rings. The van der Waals surface area contributed by atoms with Crippen LogP contribution in [0.25, 0.3) is 0 Å². The minimum absolute atomic E-state index is 0.0317. The molecule has 1 heterocycles. The highest BCUT2D eigenvalue weighted by Crippen LogP contribution is 2.23. The van der Waals surface area contributed by atoms with Crippen LogP contribution in [-0.2, 0) is 4.79 Å². The molecule has 0 saturated carbocycles. The number of hydrogen-bond donors (Lipinski definition) is 2. The summed E-state index contributed by atoms with van der Waals surface area (Å²) in [6.07, 6.45) is -0.328. The second kappa shape index (κ2) is 7.04. The maximum atomic E-state index is 13.0. The maximum absolute atomic E-state index is 13.0. The first-order valence-corrected chi connectivity index (χ1v) is 6.82. The molecule has 24 heavy (non-hydrogen) atoms. The molecule has 1 aromatic heterocycles. The van der Waals surface area contributed by atoms with Crippen LogP contribution in [0.1, 0.15) is 6.92 Å². The summed E-state index contributed by atoms with van der Waals surface area (Å²) in [5, 5.41) is 13.2. The zero-order chi connectivity index (χ0) is 17.9. The zero-order valence-electron chi connectivity index (χ0n) is 12.1. The Morgan fingerprint density at radius 3 is 2.88 bits per heavy atom. The number of nitrogens with one attached hydrogen (secondary N) is 2. The third kappa shape index (κ3) is 3.84. The molecule has 11 heteroatoms. The summed E-state index contributed by atoms with van der Waals surface area (Å²) in [6, 6.07) is 3.35. The Balaban J connectivity index is 2.17. The van der Waals surface area contributed by atoms with Crippen molar-refractivity contribution in [2.45, 2.75) is 13.0 Å². The predicted octanol–water partition coefficient (Wildman–Crippen LogP) is 1.88. The number of carbonyl (C=O) groups excluding carboxylic acids is 1. The minimum atomic E-state index is -1.24. The van der Waals surface area contributed by atoms with Gasteiger partial charge in [0.25, 0.3) is 5.91 Å². The quantitative estimate of drug-likeness (QED) is 0.622. The first-order chi connectivity index (χ1) is 11.3. The number of H-pyrrole nitrogens is 1. The second-order valence-electron chi connectivity index (χ2n) is 4.52. The van der Waals surface area contributed by atoms with Crippen LogP contribution >= 0.6 is 11.6 Å². The fourth-order valence-electron chi connectivity index (χ4n) is 1.67. The van der Waals surface area contributed by atoms with Gasteiger partial charge in [0.1, 0.15) is 5.82 Å². The number of ether oxygens (including phenoxy) is 1. The van der Waals surface area contributed by atoms with Crippen molar-refractivity contribution in [1.82, 2.24) is 9.97 Å². The van der Waals surface area contributed by atoms with Crippen molar-refractivity contribution in [2.24, 2.45) is 0 Å². The number of rotatable bonds is 5. The fraction of sp³-hybridized carbons (Fsp3) is 0.154. The molecule has 1 atom stereocenters. The molecule has 0 aliphatic carbocycles. The van der Waals surface area contributed by atoms with Crippen molar-refractivity contribution < 1.29 is 18.8 Å². The highest BCUT2D eigenvalue weighted by Gasteiger charge is 2.26. The van der Waals surface area contributed by atoms with Gasteiger partial charge >= 0.3 is 17.1 Å². The second-order valence-corrected chi connectivity index (χ2v) is 4.92. The van der Waals surface area contributed by atoms with E-state index in [4.69, 9.17) is 16.3 Å². The molecule has 0 spiro atoms. The summed E-state index contributed by atoms with van der Waals surface area (Å²) in [7, 11) is 0. The van der Waals surface area contributed by atoms with Gasteiger partial charge in [0.15, 0.2) is 6.10 Å². The van der Waals surface area contributed by atoms with Crippen LogP contribution in [0.15, 0.2) is 29.3 Å². The Morgan fingerprint density at radius 1 is 1.54 bits per heavy atom. The number of aromatic amines is 1. The lowest BCUT2D eigenvalue weighted by atomic mass is 10.3. The van der Waals surface area contributed by atoms with E-state index >= 15 is 0 Å². The van der Waals surface area contributed by atoms with Gasteiger partial charge in [0.05, 0.1) is 22.0 Å². The first-order valence-electron chi connectivity index (χ1n) is 6.44. The maximum Gasteiger partial charge on any atom is 0.395 e. The Labute approximate surface area is 138 Å².